The second kappa shape index (κ2) is 2.95. The molecular formula is C5H7F3N4O. The number of aliphatic hydroxyl groups is 1. The molecule has 0 radical (unpaired) electrons. The van der Waals surface area contributed by atoms with Gasteiger partial charge in [-0.1, -0.05) is 12.1 Å². The third-order valence-electron chi connectivity index (χ3n) is 1.70. The second-order valence-electron chi connectivity index (χ2n) is 2.45. The van der Waals surface area contributed by atoms with Gasteiger partial charge in [0.15, 0.2) is 0 Å². The Balaban J connectivity index is 3.09. The fraction of sp³-hybridized carbons (Fsp3) is 0.800. The molecule has 1 aromatic rings. The van der Waals surface area contributed by atoms with Crippen LogP contribution in [0.5, 0.6) is 0 Å². The van der Waals surface area contributed by atoms with Crippen LogP contribution in [0.2, 0.25) is 0 Å². The molecule has 0 aliphatic carbocycles. The first-order chi connectivity index (χ1) is 5.92. The summed E-state index contributed by atoms with van der Waals surface area (Å²) >= 11 is 0. The lowest BCUT2D eigenvalue weighted by atomic mass is 10.00. The number of halogens is 3. The van der Waals surface area contributed by atoms with E-state index in [9.17, 15) is 18.3 Å². The topological polar surface area (TPSA) is 74.7 Å². The SMILES string of the molecule is CC[C@](O)(c1nn[nH]n1)C(F)(F)F. The van der Waals surface area contributed by atoms with Crippen molar-refractivity contribution in [3.63, 3.8) is 0 Å². The number of H-pyrrole nitrogens is 1. The molecule has 0 bridgehead atoms. The molecule has 0 fully saturated rings. The van der Waals surface area contributed by atoms with Crippen molar-refractivity contribution in [3.05, 3.63) is 5.82 Å². The molecule has 1 rings (SSSR count). The van der Waals surface area contributed by atoms with Crippen LogP contribution in [-0.4, -0.2) is 31.9 Å². The van der Waals surface area contributed by atoms with Gasteiger partial charge in [0.1, 0.15) is 0 Å². The molecule has 1 heterocycles. The van der Waals surface area contributed by atoms with Gasteiger partial charge in [0.25, 0.3) is 0 Å². The van der Waals surface area contributed by atoms with Crippen LogP contribution in [0.1, 0.15) is 19.2 Å². The molecule has 5 nitrogen and oxygen atoms in total. The summed E-state index contributed by atoms with van der Waals surface area (Å²) in [5.41, 5.74) is -3.01. The number of hydrogen-bond donors (Lipinski definition) is 2. The van der Waals surface area contributed by atoms with Gasteiger partial charge in [-0.05, 0) is 6.42 Å². The van der Waals surface area contributed by atoms with Gasteiger partial charge in [-0.15, -0.1) is 10.2 Å². The highest BCUT2D eigenvalue weighted by molar-refractivity contribution is 5.01. The van der Waals surface area contributed by atoms with Crippen molar-refractivity contribution >= 4 is 0 Å². The lowest BCUT2D eigenvalue weighted by molar-refractivity contribution is -0.270. The number of nitrogens with one attached hydrogen (secondary N) is 1. The Hall–Kier alpha value is -1.18. The van der Waals surface area contributed by atoms with E-state index in [2.05, 4.69) is 15.4 Å². The molecule has 2 N–H and O–H groups in total. The average Bonchev–Trinajstić information content (AvgIpc) is 2.52. The summed E-state index contributed by atoms with van der Waals surface area (Å²) in [6.45, 7) is 1.18. The van der Waals surface area contributed by atoms with Crippen LogP contribution < -0.4 is 0 Å². The summed E-state index contributed by atoms with van der Waals surface area (Å²) in [6, 6.07) is 0. The maximum Gasteiger partial charge on any atom is 0.424 e. The Morgan fingerprint density at radius 1 is 1.46 bits per heavy atom. The fourth-order valence-corrected chi connectivity index (χ4v) is 0.822. The van der Waals surface area contributed by atoms with Crippen LogP contribution in [0.15, 0.2) is 0 Å². The number of hydrogen-bond acceptors (Lipinski definition) is 4. The smallest absolute Gasteiger partial charge is 0.374 e. The van der Waals surface area contributed by atoms with E-state index in [-0.39, 0.29) is 0 Å². The van der Waals surface area contributed by atoms with Gasteiger partial charge in [-0.3, -0.25) is 0 Å². The zero-order chi connectivity index (χ0) is 10.1. The monoisotopic (exact) mass is 196 g/mol. The Morgan fingerprint density at radius 3 is 2.38 bits per heavy atom. The van der Waals surface area contributed by atoms with Crippen molar-refractivity contribution in [2.45, 2.75) is 25.1 Å². The summed E-state index contributed by atoms with van der Waals surface area (Å²) in [5, 5.41) is 20.2. The standard InChI is InChI=1S/C5H7F3N4O/c1-2-4(13,5(6,7)8)3-9-11-12-10-3/h13H,2H2,1H3,(H,9,10,11,12)/t4-/m0/s1. The van der Waals surface area contributed by atoms with Gasteiger partial charge >= 0.3 is 6.18 Å². The van der Waals surface area contributed by atoms with E-state index in [1.165, 1.54) is 6.92 Å². The van der Waals surface area contributed by atoms with Crippen molar-refractivity contribution in [1.82, 2.24) is 20.6 Å². The van der Waals surface area contributed by atoms with Crippen LogP contribution in [0.25, 0.3) is 0 Å². The molecule has 0 saturated heterocycles. The number of aromatic amines is 1. The molecule has 0 aromatic carbocycles. The molecule has 1 atom stereocenters. The second-order valence-corrected chi connectivity index (χ2v) is 2.45. The van der Waals surface area contributed by atoms with E-state index in [1.54, 1.807) is 0 Å². The molecule has 0 aliphatic heterocycles. The average molecular weight is 196 g/mol. The van der Waals surface area contributed by atoms with Gasteiger partial charge in [0.2, 0.25) is 11.4 Å². The van der Waals surface area contributed by atoms with Gasteiger partial charge in [0, 0.05) is 0 Å². The van der Waals surface area contributed by atoms with Crippen molar-refractivity contribution in [1.29, 1.82) is 0 Å². The Bertz CT molecular complexity index is 272. The Labute approximate surface area is 71.0 Å². The molecule has 0 aliphatic rings. The summed E-state index contributed by atoms with van der Waals surface area (Å²) in [4.78, 5) is 0. The van der Waals surface area contributed by atoms with Crippen molar-refractivity contribution in [2.75, 3.05) is 0 Å². The zero-order valence-electron chi connectivity index (χ0n) is 6.63. The van der Waals surface area contributed by atoms with E-state index in [0.717, 1.165) is 0 Å². The first-order valence-corrected chi connectivity index (χ1v) is 3.45. The number of rotatable bonds is 2. The predicted octanol–water partition coefficient (Wildman–Crippen LogP) is 0.360. The highest BCUT2D eigenvalue weighted by Gasteiger charge is 2.56. The first kappa shape index (κ1) is 9.90. The highest BCUT2D eigenvalue weighted by Crippen LogP contribution is 2.39. The lowest BCUT2D eigenvalue weighted by Gasteiger charge is -2.25. The third-order valence-corrected chi connectivity index (χ3v) is 1.70. The van der Waals surface area contributed by atoms with Crippen molar-refractivity contribution < 1.29 is 18.3 Å². The minimum atomic E-state index is -4.80. The van der Waals surface area contributed by atoms with Crippen LogP contribution >= 0.6 is 0 Å². The van der Waals surface area contributed by atoms with E-state index >= 15 is 0 Å². The lowest BCUT2D eigenvalue weighted by Crippen LogP contribution is -2.42. The van der Waals surface area contributed by atoms with E-state index in [0.29, 0.717) is 0 Å². The molecule has 8 heteroatoms. The summed E-state index contributed by atoms with van der Waals surface area (Å²) in [6.07, 6.45) is -5.36. The normalized spacial score (nSPS) is 17.0. The molecular weight excluding hydrogens is 189 g/mol. The number of aromatic nitrogens is 4. The highest BCUT2D eigenvalue weighted by atomic mass is 19.4. The van der Waals surface area contributed by atoms with E-state index < -0.39 is 24.0 Å². The third kappa shape index (κ3) is 1.48. The zero-order valence-corrected chi connectivity index (χ0v) is 6.63. The molecule has 0 spiro atoms. The minimum absolute atomic E-state index is 0.559. The molecule has 0 amide bonds. The van der Waals surface area contributed by atoms with Gasteiger partial charge in [-0.2, -0.15) is 18.4 Å². The predicted molar refractivity (Wildman–Crippen MR) is 34.4 cm³/mol. The first-order valence-electron chi connectivity index (χ1n) is 3.45. The minimum Gasteiger partial charge on any atom is -0.374 e. The van der Waals surface area contributed by atoms with Crippen LogP contribution in [0.3, 0.4) is 0 Å². The van der Waals surface area contributed by atoms with Gasteiger partial charge < -0.3 is 5.11 Å². The number of alkyl halides is 3. The fourth-order valence-electron chi connectivity index (χ4n) is 0.822. The Kier molecular flexibility index (Phi) is 2.24. The molecule has 0 unspecified atom stereocenters. The largest absolute Gasteiger partial charge is 0.424 e. The van der Waals surface area contributed by atoms with E-state index in [1.807, 2.05) is 5.21 Å². The number of nitrogens with zero attached hydrogens (tertiary/aromatic N) is 3. The van der Waals surface area contributed by atoms with Gasteiger partial charge in [0.05, 0.1) is 0 Å². The van der Waals surface area contributed by atoms with Crippen molar-refractivity contribution in [3.8, 4) is 0 Å². The molecule has 13 heavy (non-hydrogen) atoms. The van der Waals surface area contributed by atoms with Gasteiger partial charge in [-0.25, -0.2) is 0 Å². The number of tetrazole rings is 1. The summed E-state index contributed by atoms with van der Waals surface area (Å²) < 4.78 is 36.9. The molecule has 1 aromatic heterocycles. The maximum atomic E-state index is 12.3. The quantitative estimate of drug-likeness (QED) is 0.716. The molecule has 74 valence electrons. The molecule has 0 saturated carbocycles. The summed E-state index contributed by atoms with van der Waals surface area (Å²) in [5.74, 6) is -0.762. The van der Waals surface area contributed by atoms with Crippen LogP contribution in [-0.2, 0) is 5.60 Å². The van der Waals surface area contributed by atoms with Crippen molar-refractivity contribution in [2.24, 2.45) is 0 Å². The Morgan fingerprint density at radius 2 is 2.08 bits per heavy atom. The van der Waals surface area contributed by atoms with Crippen LogP contribution in [0, 0.1) is 0 Å². The van der Waals surface area contributed by atoms with E-state index in [4.69, 9.17) is 0 Å². The maximum absolute atomic E-state index is 12.3. The van der Waals surface area contributed by atoms with Crippen LogP contribution in [0.4, 0.5) is 13.2 Å². The summed E-state index contributed by atoms with van der Waals surface area (Å²) in [7, 11) is 0.